The first-order valence-corrected chi connectivity index (χ1v) is 9.16. The summed E-state index contributed by atoms with van der Waals surface area (Å²) < 4.78 is 27.4. The molecule has 0 aromatic heterocycles. The van der Waals surface area contributed by atoms with E-state index in [4.69, 9.17) is 6.42 Å². The molecule has 0 N–H and O–H groups in total. The van der Waals surface area contributed by atoms with Crippen LogP contribution in [0.1, 0.15) is 23.6 Å². The van der Waals surface area contributed by atoms with Crippen LogP contribution in [0.15, 0.2) is 53.4 Å². The zero-order chi connectivity index (χ0) is 18.0. The third-order valence-corrected chi connectivity index (χ3v) is 6.22. The number of hydrogen-bond acceptors (Lipinski definition) is 4. The average molecular weight is 356 g/mol. The van der Waals surface area contributed by atoms with Crippen molar-refractivity contribution < 1.29 is 13.3 Å². The lowest BCUT2D eigenvalue weighted by Crippen LogP contribution is -2.34. The maximum absolute atomic E-state index is 13.1. The number of hydrogen-bond donors (Lipinski definition) is 0. The third-order valence-electron chi connectivity index (χ3n) is 4.35. The highest BCUT2D eigenvalue weighted by Crippen LogP contribution is 2.38. The lowest BCUT2D eigenvalue weighted by atomic mass is 10.1. The fourth-order valence-electron chi connectivity index (χ4n) is 3.16. The molecule has 0 spiro atoms. The highest BCUT2D eigenvalue weighted by atomic mass is 32.2. The minimum atomic E-state index is -3.86. The Kier molecular flexibility index (Phi) is 4.57. The fraction of sp³-hybridized carbons (Fsp3) is 0.222. The van der Waals surface area contributed by atoms with Crippen molar-refractivity contribution >= 4 is 15.7 Å². The van der Waals surface area contributed by atoms with E-state index >= 15 is 0 Å². The van der Waals surface area contributed by atoms with Crippen molar-refractivity contribution in [2.75, 3.05) is 6.54 Å². The van der Waals surface area contributed by atoms with Gasteiger partial charge in [0.1, 0.15) is 0 Å². The van der Waals surface area contributed by atoms with E-state index in [0.29, 0.717) is 6.42 Å². The predicted molar refractivity (Wildman–Crippen MR) is 93.3 cm³/mol. The number of non-ortho nitro benzene ring substituents is 1. The van der Waals surface area contributed by atoms with Crippen molar-refractivity contribution in [1.29, 1.82) is 0 Å². The van der Waals surface area contributed by atoms with Crippen LogP contribution in [0.25, 0.3) is 0 Å². The van der Waals surface area contributed by atoms with Gasteiger partial charge in [-0.2, -0.15) is 4.31 Å². The first-order chi connectivity index (χ1) is 11.9. The van der Waals surface area contributed by atoms with Crippen molar-refractivity contribution in [2.24, 2.45) is 0 Å². The zero-order valence-corrected chi connectivity index (χ0v) is 14.1. The molecule has 128 valence electrons. The molecular formula is C18H16N2O4S. The first-order valence-electron chi connectivity index (χ1n) is 7.72. The number of nitrogens with zero attached hydrogens (tertiary/aromatic N) is 2. The SMILES string of the molecule is C#CCN(C1CCc2ccccc21)S(=O)(=O)c1ccc([N+](=O)[O-])cc1. The molecule has 2 aromatic rings. The van der Waals surface area contributed by atoms with Crippen molar-refractivity contribution in [3.8, 4) is 12.3 Å². The summed E-state index contributed by atoms with van der Waals surface area (Å²) in [6.45, 7) is -0.0572. The van der Waals surface area contributed by atoms with Crippen LogP contribution in [0.2, 0.25) is 0 Å². The number of fused-ring (bicyclic) bond motifs is 1. The van der Waals surface area contributed by atoms with Crippen LogP contribution in [0.4, 0.5) is 5.69 Å². The Balaban J connectivity index is 2.00. The van der Waals surface area contributed by atoms with Crippen molar-refractivity contribution in [2.45, 2.75) is 23.8 Å². The van der Waals surface area contributed by atoms with Crippen LogP contribution in [0.3, 0.4) is 0 Å². The maximum Gasteiger partial charge on any atom is 0.269 e. The quantitative estimate of drug-likeness (QED) is 0.469. The molecule has 1 aliphatic carbocycles. The molecule has 0 aliphatic heterocycles. The summed E-state index contributed by atoms with van der Waals surface area (Å²) in [5, 5.41) is 10.8. The first kappa shape index (κ1) is 17.1. The van der Waals surface area contributed by atoms with Gasteiger partial charge in [-0.1, -0.05) is 30.2 Å². The number of sulfonamides is 1. The van der Waals surface area contributed by atoms with E-state index in [1.807, 2.05) is 24.3 Å². The van der Waals surface area contributed by atoms with Gasteiger partial charge in [0.05, 0.1) is 22.4 Å². The molecule has 7 heteroatoms. The Morgan fingerprint density at radius 2 is 1.88 bits per heavy atom. The molecule has 0 bridgehead atoms. The van der Waals surface area contributed by atoms with Gasteiger partial charge in [0.25, 0.3) is 5.69 Å². The monoisotopic (exact) mass is 356 g/mol. The molecule has 0 amide bonds. The van der Waals surface area contributed by atoms with E-state index in [1.54, 1.807) is 0 Å². The van der Waals surface area contributed by atoms with Crippen LogP contribution < -0.4 is 0 Å². The summed E-state index contributed by atoms with van der Waals surface area (Å²) in [6, 6.07) is 12.3. The van der Waals surface area contributed by atoms with Crippen molar-refractivity contribution in [1.82, 2.24) is 4.31 Å². The molecule has 2 aromatic carbocycles. The van der Waals surface area contributed by atoms with Crippen molar-refractivity contribution in [3.05, 3.63) is 69.8 Å². The van der Waals surface area contributed by atoms with Gasteiger partial charge in [-0.05, 0) is 36.1 Å². The van der Waals surface area contributed by atoms with Crippen LogP contribution in [0, 0.1) is 22.5 Å². The lowest BCUT2D eigenvalue weighted by Gasteiger charge is -2.27. The molecule has 0 saturated heterocycles. The maximum atomic E-state index is 13.1. The number of benzene rings is 2. The van der Waals surface area contributed by atoms with E-state index < -0.39 is 14.9 Å². The molecule has 0 radical (unpaired) electrons. The highest BCUT2D eigenvalue weighted by Gasteiger charge is 2.35. The standard InChI is InChI=1S/C18H16N2O4S/c1-2-13-19(18-12-7-14-5-3-4-6-17(14)18)25(23,24)16-10-8-15(9-11-16)20(21)22/h1,3-6,8-11,18H,7,12-13H2. The second-order valence-electron chi connectivity index (χ2n) is 5.76. The summed E-state index contributed by atoms with van der Waals surface area (Å²) >= 11 is 0. The van der Waals surface area contributed by atoms with Gasteiger partial charge in [-0.25, -0.2) is 8.42 Å². The topological polar surface area (TPSA) is 80.5 Å². The molecule has 0 fully saturated rings. The molecule has 0 saturated carbocycles. The molecule has 1 atom stereocenters. The normalized spacial score (nSPS) is 16.4. The second-order valence-corrected chi connectivity index (χ2v) is 7.65. The molecule has 25 heavy (non-hydrogen) atoms. The van der Waals surface area contributed by atoms with Gasteiger partial charge in [0.2, 0.25) is 10.0 Å². The Labute approximate surface area is 146 Å². The van der Waals surface area contributed by atoms with E-state index in [-0.39, 0.29) is 23.2 Å². The second kappa shape index (κ2) is 6.67. The number of nitro groups is 1. The minimum Gasteiger partial charge on any atom is -0.258 e. The van der Waals surface area contributed by atoms with Crippen LogP contribution >= 0.6 is 0 Å². The number of aryl methyl sites for hydroxylation is 1. The van der Waals surface area contributed by atoms with Crippen LogP contribution in [0.5, 0.6) is 0 Å². The average Bonchev–Trinajstić information content (AvgIpc) is 3.03. The van der Waals surface area contributed by atoms with E-state index in [9.17, 15) is 18.5 Å². The lowest BCUT2D eigenvalue weighted by molar-refractivity contribution is -0.384. The Morgan fingerprint density at radius 1 is 1.20 bits per heavy atom. The van der Waals surface area contributed by atoms with Crippen molar-refractivity contribution in [3.63, 3.8) is 0 Å². The summed E-state index contributed by atoms with van der Waals surface area (Å²) in [5.41, 5.74) is 1.92. The van der Waals surface area contributed by atoms with Crippen LogP contribution in [-0.4, -0.2) is 24.2 Å². The van der Waals surface area contributed by atoms with Gasteiger partial charge in [0.15, 0.2) is 0 Å². The number of nitro benzene ring substituents is 1. The van der Waals surface area contributed by atoms with Gasteiger partial charge in [-0.3, -0.25) is 10.1 Å². The minimum absolute atomic E-state index is 0.00210. The van der Waals surface area contributed by atoms with Gasteiger partial charge < -0.3 is 0 Å². The number of rotatable bonds is 5. The third kappa shape index (κ3) is 3.14. The fourth-order valence-corrected chi connectivity index (χ4v) is 4.71. The Hall–Kier alpha value is -2.69. The molecule has 1 aliphatic rings. The van der Waals surface area contributed by atoms with E-state index in [0.717, 1.165) is 17.5 Å². The molecule has 6 nitrogen and oxygen atoms in total. The Bertz CT molecular complexity index is 946. The predicted octanol–water partition coefficient (Wildman–Crippen LogP) is 2.91. The van der Waals surface area contributed by atoms with Crippen LogP contribution in [-0.2, 0) is 16.4 Å². The smallest absolute Gasteiger partial charge is 0.258 e. The summed E-state index contributed by atoms with van der Waals surface area (Å²) in [5.74, 6) is 2.42. The Morgan fingerprint density at radius 3 is 2.52 bits per heavy atom. The number of terminal acetylenes is 1. The van der Waals surface area contributed by atoms with Gasteiger partial charge >= 0.3 is 0 Å². The molecule has 1 unspecified atom stereocenters. The molecule has 3 rings (SSSR count). The van der Waals surface area contributed by atoms with E-state index in [2.05, 4.69) is 5.92 Å². The summed E-state index contributed by atoms with van der Waals surface area (Å²) in [4.78, 5) is 10.2. The zero-order valence-electron chi connectivity index (χ0n) is 13.3. The van der Waals surface area contributed by atoms with Gasteiger partial charge in [0, 0.05) is 12.1 Å². The van der Waals surface area contributed by atoms with Gasteiger partial charge in [-0.15, -0.1) is 6.42 Å². The van der Waals surface area contributed by atoms with E-state index in [1.165, 1.54) is 28.6 Å². The largest absolute Gasteiger partial charge is 0.269 e. The molecular weight excluding hydrogens is 340 g/mol. The highest BCUT2D eigenvalue weighted by molar-refractivity contribution is 7.89. The molecule has 0 heterocycles. The summed E-state index contributed by atoms with van der Waals surface area (Å²) in [7, 11) is -3.86. The summed E-state index contributed by atoms with van der Waals surface area (Å²) in [6.07, 6.45) is 6.86.